The Balaban J connectivity index is 2.19. The van der Waals surface area contributed by atoms with Gasteiger partial charge in [-0.3, -0.25) is 14.5 Å². The highest BCUT2D eigenvalue weighted by atomic mass is 32.2. The minimum Gasteiger partial charge on any atom is -0.478 e. The van der Waals surface area contributed by atoms with E-state index in [1.165, 1.54) is 12.1 Å². The van der Waals surface area contributed by atoms with Gasteiger partial charge in [-0.25, -0.2) is 4.79 Å². The molecule has 1 aromatic carbocycles. The smallest absolute Gasteiger partial charge is 0.336 e. The number of nitrogens with zero attached hydrogens (tertiary/aromatic N) is 1. The highest BCUT2D eigenvalue weighted by Gasteiger charge is 2.38. The Hall–Kier alpha value is -2.08. The first kappa shape index (κ1) is 14.3. The van der Waals surface area contributed by atoms with Crippen molar-refractivity contribution < 1.29 is 19.5 Å². The van der Waals surface area contributed by atoms with Crippen molar-refractivity contribution in [3.8, 4) is 0 Å². The van der Waals surface area contributed by atoms with Gasteiger partial charge in [0, 0.05) is 17.9 Å². The van der Waals surface area contributed by atoms with Gasteiger partial charge in [0.2, 0.25) is 11.8 Å². The van der Waals surface area contributed by atoms with Crippen molar-refractivity contribution in [2.45, 2.75) is 16.6 Å². The van der Waals surface area contributed by atoms with Gasteiger partial charge >= 0.3 is 5.97 Å². The van der Waals surface area contributed by atoms with Gasteiger partial charge in [0.05, 0.1) is 10.8 Å². The molecule has 0 radical (unpaired) electrons. The quantitative estimate of drug-likeness (QED) is 0.661. The summed E-state index contributed by atoms with van der Waals surface area (Å²) in [5, 5.41) is 8.54. The largest absolute Gasteiger partial charge is 0.478 e. The molecule has 0 aromatic heterocycles. The molecule has 1 aromatic rings. The molecule has 1 N–H and O–H groups in total. The summed E-state index contributed by atoms with van der Waals surface area (Å²) in [4.78, 5) is 36.6. The van der Waals surface area contributed by atoms with Crippen molar-refractivity contribution in [3.05, 3.63) is 42.5 Å². The predicted molar refractivity (Wildman–Crippen MR) is 74.6 cm³/mol. The first-order chi connectivity index (χ1) is 9.54. The van der Waals surface area contributed by atoms with Gasteiger partial charge in [-0.15, -0.1) is 18.3 Å². The molecule has 0 aliphatic carbocycles. The number of carbonyl (C=O) groups excluding carboxylic acids is 2. The second-order valence-electron chi connectivity index (χ2n) is 4.24. The molecule has 6 heteroatoms. The molecule has 1 atom stereocenters. The standard InChI is InChI=1S/C14H13NO4S/c1-2-7-15-12(16)8-11(13(15)17)20-10-6-4-3-5-9(10)14(18)19/h2-6,11H,1,7-8H2,(H,18,19)/t11-/m0/s1. The van der Waals surface area contributed by atoms with Crippen LogP contribution in [0.3, 0.4) is 0 Å². The van der Waals surface area contributed by atoms with Crippen LogP contribution in [0, 0.1) is 0 Å². The van der Waals surface area contributed by atoms with Crippen molar-refractivity contribution >= 4 is 29.5 Å². The third-order valence-electron chi connectivity index (χ3n) is 2.90. The van der Waals surface area contributed by atoms with Crippen LogP contribution in [-0.4, -0.2) is 39.6 Å². The number of thioether (sulfide) groups is 1. The van der Waals surface area contributed by atoms with E-state index in [1.54, 1.807) is 18.2 Å². The summed E-state index contributed by atoms with van der Waals surface area (Å²) in [5.41, 5.74) is 0.139. The number of amides is 2. The molecule has 0 saturated carbocycles. The fraction of sp³-hybridized carbons (Fsp3) is 0.214. The SMILES string of the molecule is C=CCN1C(=O)C[C@H](Sc2ccccc2C(=O)O)C1=O. The Bertz CT molecular complexity index is 584. The maximum Gasteiger partial charge on any atom is 0.336 e. The summed E-state index contributed by atoms with van der Waals surface area (Å²) in [6, 6.07) is 6.45. The molecule has 1 saturated heterocycles. The third-order valence-corrected chi connectivity index (χ3v) is 4.16. The lowest BCUT2D eigenvalue weighted by Crippen LogP contribution is -2.31. The second-order valence-corrected chi connectivity index (χ2v) is 5.49. The van der Waals surface area contributed by atoms with Gasteiger partial charge < -0.3 is 5.11 Å². The minimum atomic E-state index is -1.05. The molecule has 20 heavy (non-hydrogen) atoms. The van der Waals surface area contributed by atoms with Crippen LogP contribution < -0.4 is 0 Å². The fourth-order valence-corrected chi connectivity index (χ4v) is 3.17. The molecule has 104 valence electrons. The molecule has 0 unspecified atom stereocenters. The molecule has 5 nitrogen and oxygen atoms in total. The van der Waals surface area contributed by atoms with E-state index in [4.69, 9.17) is 5.11 Å². The van der Waals surface area contributed by atoms with Crippen molar-refractivity contribution in [1.82, 2.24) is 4.90 Å². The predicted octanol–water partition coefficient (Wildman–Crippen LogP) is 1.79. The fourth-order valence-electron chi connectivity index (χ4n) is 1.97. The highest BCUT2D eigenvalue weighted by molar-refractivity contribution is 8.00. The number of imide groups is 1. The van der Waals surface area contributed by atoms with E-state index in [0.29, 0.717) is 4.90 Å². The number of carbonyl (C=O) groups is 3. The Labute approximate surface area is 120 Å². The van der Waals surface area contributed by atoms with E-state index in [2.05, 4.69) is 6.58 Å². The number of benzene rings is 1. The summed E-state index contributed by atoms with van der Waals surface area (Å²) < 4.78 is 0. The molecule has 2 rings (SSSR count). The van der Waals surface area contributed by atoms with Crippen molar-refractivity contribution in [2.24, 2.45) is 0 Å². The van der Waals surface area contributed by atoms with E-state index < -0.39 is 11.2 Å². The van der Waals surface area contributed by atoms with Gasteiger partial charge in [-0.2, -0.15) is 0 Å². The first-order valence-electron chi connectivity index (χ1n) is 5.98. The van der Waals surface area contributed by atoms with Gasteiger partial charge in [0.1, 0.15) is 0 Å². The Morgan fingerprint density at radius 3 is 2.80 bits per heavy atom. The van der Waals surface area contributed by atoms with Crippen LogP contribution in [0.15, 0.2) is 41.8 Å². The van der Waals surface area contributed by atoms with Crippen LogP contribution in [0.5, 0.6) is 0 Å². The first-order valence-corrected chi connectivity index (χ1v) is 6.86. The summed E-state index contributed by atoms with van der Waals surface area (Å²) >= 11 is 1.12. The van der Waals surface area contributed by atoms with Gasteiger partial charge in [0.25, 0.3) is 0 Å². The lowest BCUT2D eigenvalue weighted by Gasteiger charge is -2.12. The lowest BCUT2D eigenvalue weighted by atomic mass is 10.2. The molecule has 1 aliphatic heterocycles. The van der Waals surface area contributed by atoms with Crippen molar-refractivity contribution in [3.63, 3.8) is 0 Å². The summed E-state index contributed by atoms with van der Waals surface area (Å²) in [6.45, 7) is 3.70. The van der Waals surface area contributed by atoms with Crippen LogP contribution in [0.25, 0.3) is 0 Å². The zero-order valence-electron chi connectivity index (χ0n) is 10.6. The zero-order chi connectivity index (χ0) is 14.7. The summed E-state index contributed by atoms with van der Waals surface area (Å²) in [7, 11) is 0. The topological polar surface area (TPSA) is 74.7 Å². The maximum atomic E-state index is 12.1. The number of carboxylic acid groups (broad SMARTS) is 1. The Morgan fingerprint density at radius 2 is 2.15 bits per heavy atom. The van der Waals surface area contributed by atoms with Gasteiger partial charge in [-0.1, -0.05) is 18.2 Å². The number of hydrogen-bond acceptors (Lipinski definition) is 4. The van der Waals surface area contributed by atoms with E-state index >= 15 is 0 Å². The average Bonchev–Trinajstić information content (AvgIpc) is 2.67. The molecule has 2 amide bonds. The van der Waals surface area contributed by atoms with E-state index in [9.17, 15) is 14.4 Å². The van der Waals surface area contributed by atoms with Crippen LogP contribution in [-0.2, 0) is 9.59 Å². The third kappa shape index (κ3) is 2.75. The lowest BCUT2D eigenvalue weighted by molar-refractivity contribution is -0.137. The number of aromatic carboxylic acids is 1. The number of hydrogen-bond donors (Lipinski definition) is 1. The number of rotatable bonds is 5. The van der Waals surface area contributed by atoms with E-state index in [1.807, 2.05) is 0 Å². The maximum absolute atomic E-state index is 12.1. The van der Waals surface area contributed by atoms with Gasteiger partial charge in [0.15, 0.2) is 0 Å². The average molecular weight is 291 g/mol. The zero-order valence-corrected chi connectivity index (χ0v) is 11.4. The minimum absolute atomic E-state index is 0.0886. The molecular formula is C14H13NO4S. The van der Waals surface area contributed by atoms with Crippen molar-refractivity contribution in [2.75, 3.05) is 6.54 Å². The normalized spacial score (nSPS) is 18.4. The summed E-state index contributed by atoms with van der Waals surface area (Å²) in [5.74, 6) is -1.59. The highest BCUT2D eigenvalue weighted by Crippen LogP contribution is 2.33. The Kier molecular flexibility index (Phi) is 4.24. The molecule has 1 aliphatic rings. The van der Waals surface area contributed by atoms with Crippen LogP contribution in [0.1, 0.15) is 16.8 Å². The van der Waals surface area contributed by atoms with E-state index in [-0.39, 0.29) is 30.3 Å². The Morgan fingerprint density at radius 1 is 1.45 bits per heavy atom. The number of likely N-dealkylation sites (tertiary alicyclic amines) is 1. The van der Waals surface area contributed by atoms with Crippen LogP contribution in [0.4, 0.5) is 0 Å². The second kappa shape index (κ2) is 5.92. The van der Waals surface area contributed by atoms with Crippen LogP contribution >= 0.6 is 11.8 Å². The van der Waals surface area contributed by atoms with E-state index in [0.717, 1.165) is 16.7 Å². The monoisotopic (exact) mass is 291 g/mol. The molecular weight excluding hydrogens is 278 g/mol. The summed E-state index contributed by atoms with van der Waals surface area (Å²) in [6.07, 6.45) is 1.58. The molecule has 0 spiro atoms. The number of carboxylic acids is 1. The van der Waals surface area contributed by atoms with Crippen molar-refractivity contribution in [1.29, 1.82) is 0 Å². The molecule has 0 bridgehead atoms. The van der Waals surface area contributed by atoms with Crippen LogP contribution in [0.2, 0.25) is 0 Å². The van der Waals surface area contributed by atoms with Gasteiger partial charge in [-0.05, 0) is 12.1 Å². The molecule has 1 fully saturated rings. The molecule has 1 heterocycles.